The Morgan fingerprint density at radius 1 is 1.39 bits per heavy atom. The van der Waals surface area contributed by atoms with Crippen molar-refractivity contribution in [3.63, 3.8) is 0 Å². The van der Waals surface area contributed by atoms with Gasteiger partial charge in [0, 0.05) is 31.1 Å². The van der Waals surface area contributed by atoms with E-state index in [-0.39, 0.29) is 5.70 Å². The molecule has 0 saturated heterocycles. The van der Waals surface area contributed by atoms with E-state index in [0.29, 0.717) is 0 Å². The second-order valence-corrected chi connectivity index (χ2v) is 3.98. The molecule has 0 fully saturated rings. The predicted octanol–water partition coefficient (Wildman–Crippen LogP) is 2.82. The van der Waals surface area contributed by atoms with Crippen LogP contribution in [0.1, 0.15) is 18.3 Å². The average Bonchev–Trinajstić information content (AvgIpc) is 2.76. The van der Waals surface area contributed by atoms with E-state index in [1.165, 1.54) is 6.92 Å². The Balaban J connectivity index is 2.29. The lowest BCUT2D eigenvalue weighted by Gasteiger charge is -2.04. The van der Waals surface area contributed by atoms with Crippen LogP contribution in [0, 0.1) is 17.0 Å². The van der Waals surface area contributed by atoms with Gasteiger partial charge in [0.1, 0.15) is 5.82 Å². The lowest BCUT2D eigenvalue weighted by molar-refractivity contribution is -0.422. The Bertz CT molecular complexity index is 597. The van der Waals surface area contributed by atoms with Gasteiger partial charge in [0.25, 0.3) is 0 Å². The maximum Gasteiger partial charge on any atom is 0.243 e. The molecule has 92 valence electrons. The lowest BCUT2D eigenvalue weighted by Crippen LogP contribution is -1.95. The highest BCUT2D eigenvalue weighted by Gasteiger charge is 2.03. The van der Waals surface area contributed by atoms with Crippen molar-refractivity contribution in [2.45, 2.75) is 13.8 Å². The van der Waals surface area contributed by atoms with E-state index in [4.69, 9.17) is 0 Å². The Morgan fingerprint density at radius 3 is 2.56 bits per heavy atom. The molecule has 2 aromatic rings. The van der Waals surface area contributed by atoms with Crippen molar-refractivity contribution in [1.29, 1.82) is 0 Å². The third-order valence-corrected chi connectivity index (χ3v) is 2.66. The zero-order chi connectivity index (χ0) is 13.1. The molecule has 0 amide bonds. The molecule has 1 aromatic carbocycles. The number of hydrogen-bond acceptors (Lipinski definition) is 3. The molecule has 0 bridgehead atoms. The highest BCUT2D eigenvalue weighted by molar-refractivity contribution is 5.53. The molecule has 0 N–H and O–H groups in total. The number of aryl methyl sites for hydroxylation is 1. The SMILES string of the molecule is C/C(=C\c1ccc(-n2ccnc2C)cc1)[N+](=O)[O-]. The van der Waals surface area contributed by atoms with Crippen LogP contribution in [0.15, 0.2) is 42.4 Å². The Morgan fingerprint density at radius 2 is 2.06 bits per heavy atom. The molecular weight excluding hydrogens is 230 g/mol. The first-order valence-corrected chi connectivity index (χ1v) is 5.51. The van der Waals surface area contributed by atoms with Crippen LogP contribution < -0.4 is 0 Å². The van der Waals surface area contributed by atoms with Gasteiger partial charge in [-0.25, -0.2) is 4.98 Å². The first kappa shape index (κ1) is 12.0. The molecule has 0 aliphatic carbocycles. The number of nitro groups is 1. The number of rotatable bonds is 3. The van der Waals surface area contributed by atoms with Gasteiger partial charge in [-0.15, -0.1) is 0 Å². The van der Waals surface area contributed by atoms with E-state index in [1.807, 2.05) is 42.0 Å². The van der Waals surface area contributed by atoms with Crippen LogP contribution in [-0.2, 0) is 0 Å². The largest absolute Gasteiger partial charge is 0.304 e. The Hall–Kier alpha value is -2.43. The summed E-state index contributed by atoms with van der Waals surface area (Å²) in [5.74, 6) is 0.903. The van der Waals surface area contributed by atoms with Crippen LogP contribution in [0.2, 0.25) is 0 Å². The third kappa shape index (κ3) is 2.45. The van der Waals surface area contributed by atoms with Crippen LogP contribution in [0.5, 0.6) is 0 Å². The van der Waals surface area contributed by atoms with Gasteiger partial charge >= 0.3 is 0 Å². The second kappa shape index (κ2) is 4.83. The monoisotopic (exact) mass is 243 g/mol. The van der Waals surface area contributed by atoms with E-state index >= 15 is 0 Å². The number of hydrogen-bond donors (Lipinski definition) is 0. The van der Waals surface area contributed by atoms with E-state index in [0.717, 1.165) is 17.1 Å². The molecule has 0 unspecified atom stereocenters. The van der Waals surface area contributed by atoms with Crippen LogP contribution in [-0.4, -0.2) is 14.5 Å². The van der Waals surface area contributed by atoms with E-state index in [1.54, 1.807) is 12.3 Å². The number of imidazole rings is 1. The van der Waals surface area contributed by atoms with Gasteiger partial charge in [0.05, 0.1) is 4.92 Å². The fraction of sp³-hybridized carbons (Fsp3) is 0.154. The molecule has 0 saturated carbocycles. The van der Waals surface area contributed by atoms with Gasteiger partial charge in [-0.1, -0.05) is 12.1 Å². The van der Waals surface area contributed by atoms with Crippen molar-refractivity contribution >= 4 is 6.08 Å². The number of allylic oxidation sites excluding steroid dienone is 1. The van der Waals surface area contributed by atoms with Crippen molar-refractivity contribution in [2.24, 2.45) is 0 Å². The number of aromatic nitrogens is 2. The van der Waals surface area contributed by atoms with Crippen LogP contribution in [0.4, 0.5) is 0 Å². The van der Waals surface area contributed by atoms with Crippen molar-refractivity contribution in [2.75, 3.05) is 0 Å². The zero-order valence-corrected chi connectivity index (χ0v) is 10.2. The molecule has 0 atom stereocenters. The summed E-state index contributed by atoms with van der Waals surface area (Å²) in [6.45, 7) is 3.40. The van der Waals surface area contributed by atoms with Crippen molar-refractivity contribution in [1.82, 2.24) is 9.55 Å². The van der Waals surface area contributed by atoms with Crippen LogP contribution in [0.3, 0.4) is 0 Å². The summed E-state index contributed by atoms with van der Waals surface area (Å²) in [5, 5.41) is 10.5. The van der Waals surface area contributed by atoms with Crippen LogP contribution in [0.25, 0.3) is 11.8 Å². The number of nitrogens with zero attached hydrogens (tertiary/aromatic N) is 3. The Labute approximate surface area is 105 Å². The molecule has 5 nitrogen and oxygen atoms in total. The molecule has 1 heterocycles. The van der Waals surface area contributed by atoms with Gasteiger partial charge in [0.2, 0.25) is 5.70 Å². The first-order valence-electron chi connectivity index (χ1n) is 5.51. The van der Waals surface area contributed by atoms with Crippen molar-refractivity contribution in [3.8, 4) is 5.69 Å². The summed E-state index contributed by atoms with van der Waals surface area (Å²) in [4.78, 5) is 14.3. The molecule has 0 aliphatic heterocycles. The van der Waals surface area contributed by atoms with E-state index < -0.39 is 4.92 Å². The van der Waals surface area contributed by atoms with Gasteiger partial charge in [0.15, 0.2) is 0 Å². The smallest absolute Gasteiger partial charge is 0.243 e. The van der Waals surface area contributed by atoms with Gasteiger partial charge < -0.3 is 4.57 Å². The normalized spacial score (nSPS) is 11.6. The lowest BCUT2D eigenvalue weighted by atomic mass is 10.2. The van der Waals surface area contributed by atoms with Gasteiger partial charge in [-0.05, 0) is 24.6 Å². The van der Waals surface area contributed by atoms with Crippen molar-refractivity contribution in [3.05, 3.63) is 63.9 Å². The molecule has 18 heavy (non-hydrogen) atoms. The van der Waals surface area contributed by atoms with Gasteiger partial charge in [-0.2, -0.15) is 0 Å². The molecule has 2 rings (SSSR count). The van der Waals surface area contributed by atoms with Gasteiger partial charge in [-0.3, -0.25) is 10.1 Å². The summed E-state index contributed by atoms with van der Waals surface area (Å²) in [5.41, 5.74) is 1.92. The molecule has 0 radical (unpaired) electrons. The minimum absolute atomic E-state index is 0.126. The maximum absolute atomic E-state index is 10.5. The molecule has 1 aromatic heterocycles. The van der Waals surface area contributed by atoms with E-state index in [2.05, 4.69) is 4.98 Å². The summed E-state index contributed by atoms with van der Waals surface area (Å²) in [6, 6.07) is 7.52. The highest BCUT2D eigenvalue weighted by atomic mass is 16.6. The van der Waals surface area contributed by atoms with Crippen LogP contribution >= 0.6 is 0 Å². The average molecular weight is 243 g/mol. The topological polar surface area (TPSA) is 61.0 Å². The standard InChI is InChI=1S/C13H13N3O2/c1-10(16(17)18)9-12-3-5-13(6-4-12)15-8-7-14-11(15)2/h3-9H,1-2H3/b10-9+. The third-order valence-electron chi connectivity index (χ3n) is 2.66. The van der Waals surface area contributed by atoms with E-state index in [9.17, 15) is 10.1 Å². The highest BCUT2D eigenvalue weighted by Crippen LogP contribution is 2.13. The number of benzene rings is 1. The zero-order valence-electron chi connectivity index (χ0n) is 10.2. The Kier molecular flexibility index (Phi) is 3.23. The quantitative estimate of drug-likeness (QED) is 0.615. The summed E-state index contributed by atoms with van der Waals surface area (Å²) >= 11 is 0. The predicted molar refractivity (Wildman–Crippen MR) is 68.9 cm³/mol. The molecule has 5 heteroatoms. The molecular formula is C13H13N3O2. The first-order chi connectivity index (χ1) is 8.58. The minimum Gasteiger partial charge on any atom is -0.304 e. The van der Waals surface area contributed by atoms with Crippen molar-refractivity contribution < 1.29 is 4.92 Å². The molecule has 0 aliphatic rings. The maximum atomic E-state index is 10.5. The fourth-order valence-electron chi connectivity index (χ4n) is 1.68. The second-order valence-electron chi connectivity index (χ2n) is 3.98. The fourth-order valence-corrected chi connectivity index (χ4v) is 1.68. The summed E-state index contributed by atoms with van der Waals surface area (Å²) in [6.07, 6.45) is 5.16. The minimum atomic E-state index is -0.395. The summed E-state index contributed by atoms with van der Waals surface area (Å²) < 4.78 is 1.95. The molecule has 0 spiro atoms. The summed E-state index contributed by atoms with van der Waals surface area (Å²) in [7, 11) is 0.